The largest absolute Gasteiger partial charge is 0.449 e. The van der Waals surface area contributed by atoms with E-state index in [-0.39, 0.29) is 18.0 Å². The van der Waals surface area contributed by atoms with Crippen LogP contribution in [0, 0.1) is 10.1 Å². The lowest BCUT2D eigenvalue weighted by Gasteiger charge is -2.08. The molecule has 0 bridgehead atoms. The standard InChI is InChI=1S/C13H11BrN2O4/c14-11-7-15-8-12(16(18)19)13(11)20-10-3-1-9(2-4-10)5-6-17/h1-4,7-8,17H,5-6H2. The molecule has 1 aromatic heterocycles. The highest BCUT2D eigenvalue weighted by atomic mass is 79.9. The molecule has 0 saturated heterocycles. The molecule has 0 spiro atoms. The molecule has 0 aliphatic carbocycles. The summed E-state index contributed by atoms with van der Waals surface area (Å²) in [6.45, 7) is 0.0710. The van der Waals surface area contributed by atoms with Crippen molar-refractivity contribution in [3.05, 3.63) is 56.8 Å². The molecule has 0 unspecified atom stereocenters. The summed E-state index contributed by atoms with van der Waals surface area (Å²) in [5, 5.41) is 19.8. The fourth-order valence-electron chi connectivity index (χ4n) is 1.62. The topological polar surface area (TPSA) is 85.5 Å². The average Bonchev–Trinajstić information content (AvgIpc) is 2.43. The van der Waals surface area contributed by atoms with Crippen molar-refractivity contribution in [2.24, 2.45) is 0 Å². The zero-order chi connectivity index (χ0) is 14.5. The van der Waals surface area contributed by atoms with Gasteiger partial charge in [0.15, 0.2) is 0 Å². The van der Waals surface area contributed by atoms with E-state index in [0.29, 0.717) is 16.6 Å². The fraction of sp³-hybridized carbons (Fsp3) is 0.154. The first kappa shape index (κ1) is 14.4. The second-order valence-corrected chi connectivity index (χ2v) is 4.80. The minimum absolute atomic E-state index is 0.0710. The lowest BCUT2D eigenvalue weighted by Crippen LogP contribution is -1.96. The summed E-state index contributed by atoms with van der Waals surface area (Å²) in [4.78, 5) is 14.1. The predicted octanol–water partition coefficient (Wildman–Crippen LogP) is 3.08. The van der Waals surface area contributed by atoms with E-state index in [1.807, 2.05) is 0 Å². The van der Waals surface area contributed by atoms with Gasteiger partial charge in [0.05, 0.1) is 9.40 Å². The van der Waals surface area contributed by atoms with Crippen LogP contribution in [0.15, 0.2) is 41.1 Å². The van der Waals surface area contributed by atoms with Gasteiger partial charge in [0.1, 0.15) is 11.9 Å². The number of hydrogen-bond donors (Lipinski definition) is 1. The van der Waals surface area contributed by atoms with Crippen LogP contribution in [0.25, 0.3) is 0 Å². The number of aliphatic hydroxyl groups is 1. The molecule has 6 nitrogen and oxygen atoms in total. The molecule has 0 amide bonds. The van der Waals surface area contributed by atoms with Gasteiger partial charge in [-0.3, -0.25) is 15.1 Å². The second kappa shape index (κ2) is 6.44. The summed E-state index contributed by atoms with van der Waals surface area (Å²) < 4.78 is 5.95. The molecular weight excluding hydrogens is 328 g/mol. The Morgan fingerprint density at radius 1 is 1.30 bits per heavy atom. The monoisotopic (exact) mass is 338 g/mol. The predicted molar refractivity (Wildman–Crippen MR) is 75.9 cm³/mol. The highest BCUT2D eigenvalue weighted by molar-refractivity contribution is 9.10. The summed E-state index contributed by atoms with van der Waals surface area (Å²) in [6, 6.07) is 6.99. The molecular formula is C13H11BrN2O4. The Hall–Kier alpha value is -1.99. The van der Waals surface area contributed by atoms with E-state index in [9.17, 15) is 10.1 Å². The molecule has 0 saturated carbocycles. The number of nitrogens with zero attached hydrogens (tertiary/aromatic N) is 2. The van der Waals surface area contributed by atoms with E-state index in [2.05, 4.69) is 20.9 Å². The maximum absolute atomic E-state index is 10.9. The van der Waals surface area contributed by atoms with Crippen LogP contribution in [0.1, 0.15) is 5.56 Å². The summed E-state index contributed by atoms with van der Waals surface area (Å²) in [5.41, 5.74) is 0.752. The third-order valence-electron chi connectivity index (χ3n) is 2.57. The second-order valence-electron chi connectivity index (χ2n) is 3.95. The maximum atomic E-state index is 10.9. The Balaban J connectivity index is 2.27. The van der Waals surface area contributed by atoms with Gasteiger partial charge in [-0.05, 0) is 40.0 Å². The van der Waals surface area contributed by atoms with E-state index >= 15 is 0 Å². The van der Waals surface area contributed by atoms with E-state index in [4.69, 9.17) is 9.84 Å². The quantitative estimate of drug-likeness (QED) is 0.668. The van der Waals surface area contributed by atoms with E-state index in [0.717, 1.165) is 11.8 Å². The zero-order valence-corrected chi connectivity index (χ0v) is 11.9. The summed E-state index contributed by atoms with van der Waals surface area (Å²) in [6.07, 6.45) is 3.13. The molecule has 20 heavy (non-hydrogen) atoms. The van der Waals surface area contributed by atoms with Crippen LogP contribution in [0.4, 0.5) is 5.69 Å². The Kier molecular flexibility index (Phi) is 4.65. The summed E-state index contributed by atoms with van der Waals surface area (Å²) >= 11 is 3.19. The molecule has 0 aliphatic heterocycles. The van der Waals surface area contributed by atoms with Crippen molar-refractivity contribution in [3.63, 3.8) is 0 Å². The van der Waals surface area contributed by atoms with Crippen molar-refractivity contribution < 1.29 is 14.8 Å². The van der Waals surface area contributed by atoms with E-state index in [1.54, 1.807) is 24.3 Å². The van der Waals surface area contributed by atoms with Crippen LogP contribution >= 0.6 is 15.9 Å². The summed E-state index contributed by atoms with van der Waals surface area (Å²) in [7, 11) is 0. The highest BCUT2D eigenvalue weighted by Gasteiger charge is 2.19. The molecule has 1 aromatic carbocycles. The van der Waals surface area contributed by atoms with Crippen molar-refractivity contribution in [1.29, 1.82) is 0 Å². The third kappa shape index (κ3) is 3.31. The van der Waals surface area contributed by atoms with Gasteiger partial charge < -0.3 is 9.84 Å². The number of ether oxygens (including phenoxy) is 1. The molecule has 0 fully saturated rings. The first-order chi connectivity index (χ1) is 9.61. The molecule has 0 aliphatic rings. The number of nitro groups is 1. The lowest BCUT2D eigenvalue weighted by molar-refractivity contribution is -0.386. The molecule has 1 N–H and O–H groups in total. The molecule has 2 rings (SSSR count). The van der Waals surface area contributed by atoms with Gasteiger partial charge in [0, 0.05) is 12.8 Å². The molecule has 104 valence electrons. The highest BCUT2D eigenvalue weighted by Crippen LogP contribution is 2.37. The van der Waals surface area contributed by atoms with Crippen molar-refractivity contribution in [2.45, 2.75) is 6.42 Å². The normalized spacial score (nSPS) is 10.3. The molecule has 1 heterocycles. The minimum atomic E-state index is -0.548. The van der Waals surface area contributed by atoms with E-state index in [1.165, 1.54) is 6.20 Å². The molecule has 0 atom stereocenters. The number of benzene rings is 1. The molecule has 7 heteroatoms. The average molecular weight is 339 g/mol. The Labute approximate surface area is 123 Å². The van der Waals surface area contributed by atoms with Crippen LogP contribution < -0.4 is 4.74 Å². The van der Waals surface area contributed by atoms with Gasteiger partial charge in [-0.25, -0.2) is 0 Å². The zero-order valence-electron chi connectivity index (χ0n) is 10.3. The fourth-order valence-corrected chi connectivity index (χ4v) is 2.02. The number of aromatic nitrogens is 1. The van der Waals surface area contributed by atoms with Crippen molar-refractivity contribution >= 4 is 21.6 Å². The van der Waals surface area contributed by atoms with Gasteiger partial charge in [-0.15, -0.1) is 0 Å². The van der Waals surface area contributed by atoms with Crippen LogP contribution in [0.3, 0.4) is 0 Å². The van der Waals surface area contributed by atoms with Gasteiger partial charge in [-0.2, -0.15) is 0 Å². The Morgan fingerprint density at radius 2 is 2.00 bits per heavy atom. The number of rotatable bonds is 5. The van der Waals surface area contributed by atoms with Crippen LogP contribution in [-0.4, -0.2) is 21.6 Å². The number of pyridine rings is 1. The summed E-state index contributed by atoms with van der Waals surface area (Å²) in [5.74, 6) is 0.585. The van der Waals surface area contributed by atoms with Crippen molar-refractivity contribution in [2.75, 3.05) is 6.61 Å². The lowest BCUT2D eigenvalue weighted by atomic mass is 10.1. The Morgan fingerprint density at radius 3 is 2.60 bits per heavy atom. The minimum Gasteiger partial charge on any atom is -0.449 e. The number of aliphatic hydroxyl groups excluding tert-OH is 1. The Bertz CT molecular complexity index is 616. The maximum Gasteiger partial charge on any atom is 0.330 e. The van der Waals surface area contributed by atoms with Gasteiger partial charge in [0.25, 0.3) is 0 Å². The van der Waals surface area contributed by atoms with Crippen molar-refractivity contribution in [3.8, 4) is 11.5 Å². The first-order valence-electron chi connectivity index (χ1n) is 5.77. The van der Waals surface area contributed by atoms with Crippen LogP contribution in [-0.2, 0) is 6.42 Å². The smallest absolute Gasteiger partial charge is 0.330 e. The first-order valence-corrected chi connectivity index (χ1v) is 6.56. The molecule has 2 aromatic rings. The SMILES string of the molecule is O=[N+]([O-])c1cncc(Br)c1Oc1ccc(CCO)cc1. The van der Waals surface area contributed by atoms with E-state index < -0.39 is 4.92 Å². The van der Waals surface area contributed by atoms with Crippen LogP contribution in [0.2, 0.25) is 0 Å². The van der Waals surface area contributed by atoms with Gasteiger partial charge >= 0.3 is 5.69 Å². The van der Waals surface area contributed by atoms with Gasteiger partial charge in [0.2, 0.25) is 5.75 Å². The number of hydrogen-bond acceptors (Lipinski definition) is 5. The number of halogens is 1. The third-order valence-corrected chi connectivity index (χ3v) is 3.14. The van der Waals surface area contributed by atoms with Gasteiger partial charge in [-0.1, -0.05) is 12.1 Å². The van der Waals surface area contributed by atoms with Crippen molar-refractivity contribution in [1.82, 2.24) is 4.98 Å². The molecule has 0 radical (unpaired) electrons. The van der Waals surface area contributed by atoms with Crippen LogP contribution in [0.5, 0.6) is 11.5 Å².